The van der Waals surface area contributed by atoms with Gasteiger partial charge >= 0.3 is 6.09 Å². The summed E-state index contributed by atoms with van der Waals surface area (Å²) in [6.07, 6.45) is 1.96. The molecule has 2 aliphatic heterocycles. The van der Waals surface area contributed by atoms with Crippen molar-refractivity contribution in [3.8, 4) is 0 Å². The molecular formula is C13H24N2O2S. The molecule has 5 heteroatoms. The van der Waals surface area contributed by atoms with Gasteiger partial charge in [0.15, 0.2) is 0 Å². The smallest absolute Gasteiger partial charge is 0.410 e. The molecule has 2 rings (SSSR count). The van der Waals surface area contributed by atoms with Crippen LogP contribution in [0, 0.1) is 0 Å². The Hall–Kier alpha value is -0.420. The van der Waals surface area contributed by atoms with Crippen LogP contribution in [0.5, 0.6) is 0 Å². The van der Waals surface area contributed by atoms with Crippen molar-refractivity contribution in [2.45, 2.75) is 50.5 Å². The lowest BCUT2D eigenvalue weighted by Crippen LogP contribution is -2.44. The molecule has 0 spiro atoms. The average molecular weight is 272 g/mol. The maximum Gasteiger partial charge on any atom is 0.410 e. The van der Waals surface area contributed by atoms with Crippen molar-refractivity contribution in [1.82, 2.24) is 9.80 Å². The van der Waals surface area contributed by atoms with E-state index in [0.717, 1.165) is 39.0 Å². The molecule has 2 saturated heterocycles. The molecule has 2 atom stereocenters. The number of carbonyl (C=O) groups excluding carboxylic acids is 1. The molecule has 0 N–H and O–H groups in total. The van der Waals surface area contributed by atoms with Crippen LogP contribution in [0.1, 0.15) is 33.6 Å². The summed E-state index contributed by atoms with van der Waals surface area (Å²) < 4.78 is 5.46. The highest BCUT2D eigenvalue weighted by Crippen LogP contribution is 2.26. The molecule has 2 heterocycles. The van der Waals surface area contributed by atoms with Crippen LogP contribution in [0.15, 0.2) is 0 Å². The second-order valence-corrected chi connectivity index (χ2v) is 6.90. The summed E-state index contributed by atoms with van der Waals surface area (Å²) in [6.45, 7) is 9.46. The summed E-state index contributed by atoms with van der Waals surface area (Å²) in [5, 5.41) is 0.382. The molecule has 0 bridgehead atoms. The monoisotopic (exact) mass is 272 g/mol. The van der Waals surface area contributed by atoms with Gasteiger partial charge in [-0.2, -0.15) is 12.6 Å². The Labute approximate surface area is 115 Å². The molecule has 2 unspecified atom stereocenters. The average Bonchev–Trinajstić information content (AvgIpc) is 2.49. The van der Waals surface area contributed by atoms with Gasteiger partial charge in [-0.1, -0.05) is 0 Å². The number of ether oxygens (including phenoxy) is 1. The predicted molar refractivity (Wildman–Crippen MR) is 75.2 cm³/mol. The fourth-order valence-electron chi connectivity index (χ4n) is 2.69. The SMILES string of the molecule is CC(C)(C)OC(=O)N1CCCN2CCC(S)C2C1. The molecule has 0 saturated carbocycles. The minimum atomic E-state index is -0.418. The first kappa shape index (κ1) is 14.0. The van der Waals surface area contributed by atoms with Crippen LogP contribution in [0.2, 0.25) is 0 Å². The summed E-state index contributed by atoms with van der Waals surface area (Å²) in [4.78, 5) is 16.4. The van der Waals surface area contributed by atoms with E-state index >= 15 is 0 Å². The van der Waals surface area contributed by atoms with Crippen LogP contribution >= 0.6 is 12.6 Å². The number of carbonyl (C=O) groups is 1. The lowest BCUT2D eigenvalue weighted by molar-refractivity contribution is 0.0240. The summed E-state index contributed by atoms with van der Waals surface area (Å²) in [7, 11) is 0. The molecule has 0 aromatic heterocycles. The van der Waals surface area contributed by atoms with Crippen LogP contribution in [0.3, 0.4) is 0 Å². The second kappa shape index (κ2) is 5.29. The molecular weight excluding hydrogens is 248 g/mol. The minimum Gasteiger partial charge on any atom is -0.444 e. The van der Waals surface area contributed by atoms with E-state index in [1.165, 1.54) is 0 Å². The lowest BCUT2D eigenvalue weighted by atomic mass is 10.2. The second-order valence-electron chi connectivity index (χ2n) is 6.24. The lowest BCUT2D eigenvalue weighted by Gasteiger charge is -2.29. The standard InChI is InChI=1S/C13H24N2O2S/c1-13(2,3)17-12(16)15-7-4-6-14-8-5-11(18)10(14)9-15/h10-11,18H,4-9H2,1-3H3. The molecule has 0 aromatic carbocycles. The van der Waals surface area contributed by atoms with Crippen molar-refractivity contribution in [3.63, 3.8) is 0 Å². The number of amides is 1. The van der Waals surface area contributed by atoms with Crippen LogP contribution in [0.4, 0.5) is 4.79 Å². The zero-order chi connectivity index (χ0) is 13.3. The van der Waals surface area contributed by atoms with Crippen LogP contribution in [-0.2, 0) is 4.74 Å². The number of rotatable bonds is 0. The van der Waals surface area contributed by atoms with Crippen LogP contribution in [0.25, 0.3) is 0 Å². The fourth-order valence-corrected chi connectivity index (χ4v) is 3.09. The van der Waals surface area contributed by atoms with E-state index in [0.29, 0.717) is 11.3 Å². The highest BCUT2D eigenvalue weighted by Gasteiger charge is 2.36. The first-order valence-corrected chi connectivity index (χ1v) is 7.28. The maximum atomic E-state index is 12.1. The Balaban J connectivity index is 1.99. The van der Waals surface area contributed by atoms with Gasteiger partial charge in [0, 0.05) is 30.9 Å². The van der Waals surface area contributed by atoms with Gasteiger partial charge in [-0.15, -0.1) is 0 Å². The Morgan fingerprint density at radius 1 is 1.28 bits per heavy atom. The van der Waals surface area contributed by atoms with Gasteiger partial charge in [0.1, 0.15) is 5.60 Å². The van der Waals surface area contributed by atoms with Gasteiger partial charge in [-0.3, -0.25) is 4.90 Å². The highest BCUT2D eigenvalue weighted by atomic mass is 32.1. The van der Waals surface area contributed by atoms with Crippen LogP contribution < -0.4 is 0 Å². The topological polar surface area (TPSA) is 32.8 Å². The molecule has 0 aliphatic carbocycles. The minimum absolute atomic E-state index is 0.184. The van der Waals surface area contributed by atoms with E-state index in [1.54, 1.807) is 0 Å². The molecule has 104 valence electrons. The Bertz CT molecular complexity index is 317. The Kier molecular flexibility index (Phi) is 4.11. The van der Waals surface area contributed by atoms with Crippen molar-refractivity contribution in [2.75, 3.05) is 26.2 Å². The summed E-state index contributed by atoms with van der Waals surface area (Å²) >= 11 is 4.64. The molecule has 1 amide bonds. The van der Waals surface area contributed by atoms with Gasteiger partial charge in [-0.05, 0) is 40.2 Å². The van der Waals surface area contributed by atoms with E-state index in [1.807, 2.05) is 25.7 Å². The van der Waals surface area contributed by atoms with Crippen molar-refractivity contribution in [2.24, 2.45) is 0 Å². The third-order valence-corrected chi connectivity index (χ3v) is 4.16. The highest BCUT2D eigenvalue weighted by molar-refractivity contribution is 7.81. The molecule has 4 nitrogen and oxygen atoms in total. The molecule has 18 heavy (non-hydrogen) atoms. The third-order valence-electron chi connectivity index (χ3n) is 3.56. The van der Waals surface area contributed by atoms with E-state index in [2.05, 4.69) is 17.5 Å². The van der Waals surface area contributed by atoms with Crippen molar-refractivity contribution >= 4 is 18.7 Å². The quantitative estimate of drug-likeness (QED) is 0.685. The van der Waals surface area contributed by atoms with Crippen LogP contribution in [-0.4, -0.2) is 59.0 Å². The number of fused-ring (bicyclic) bond motifs is 1. The predicted octanol–water partition coefficient (Wildman–Crippen LogP) is 2.00. The first-order chi connectivity index (χ1) is 8.37. The van der Waals surface area contributed by atoms with E-state index in [9.17, 15) is 4.79 Å². The summed E-state index contributed by atoms with van der Waals surface area (Å²) in [6, 6.07) is 0.392. The van der Waals surface area contributed by atoms with Gasteiger partial charge in [0.25, 0.3) is 0 Å². The summed E-state index contributed by atoms with van der Waals surface area (Å²) in [5.41, 5.74) is -0.418. The Morgan fingerprint density at radius 3 is 2.67 bits per heavy atom. The van der Waals surface area contributed by atoms with Crippen molar-refractivity contribution < 1.29 is 9.53 Å². The maximum absolute atomic E-state index is 12.1. The third kappa shape index (κ3) is 3.32. The fraction of sp³-hybridized carbons (Fsp3) is 0.923. The number of hydrogen-bond acceptors (Lipinski definition) is 4. The van der Waals surface area contributed by atoms with Crippen molar-refractivity contribution in [3.05, 3.63) is 0 Å². The number of nitrogens with zero attached hydrogens (tertiary/aromatic N) is 2. The number of hydrogen-bond donors (Lipinski definition) is 1. The van der Waals surface area contributed by atoms with E-state index in [4.69, 9.17) is 4.74 Å². The van der Waals surface area contributed by atoms with Crippen molar-refractivity contribution in [1.29, 1.82) is 0 Å². The van der Waals surface area contributed by atoms with E-state index in [-0.39, 0.29) is 6.09 Å². The first-order valence-electron chi connectivity index (χ1n) is 6.77. The summed E-state index contributed by atoms with van der Waals surface area (Å²) in [5.74, 6) is 0. The molecule has 0 radical (unpaired) electrons. The largest absolute Gasteiger partial charge is 0.444 e. The zero-order valence-corrected chi connectivity index (χ0v) is 12.4. The van der Waals surface area contributed by atoms with Gasteiger partial charge in [-0.25, -0.2) is 4.79 Å². The van der Waals surface area contributed by atoms with Gasteiger partial charge in [0.05, 0.1) is 0 Å². The van der Waals surface area contributed by atoms with Gasteiger partial charge in [0.2, 0.25) is 0 Å². The van der Waals surface area contributed by atoms with E-state index < -0.39 is 5.60 Å². The molecule has 2 fully saturated rings. The molecule has 2 aliphatic rings. The van der Waals surface area contributed by atoms with Gasteiger partial charge < -0.3 is 9.64 Å². The number of thiol groups is 1. The Morgan fingerprint density at radius 2 is 2.00 bits per heavy atom. The molecule has 0 aromatic rings. The normalized spacial score (nSPS) is 29.9. The zero-order valence-electron chi connectivity index (χ0n) is 11.6.